The first kappa shape index (κ1) is 16.4. The molecule has 5 nitrogen and oxygen atoms in total. The van der Waals surface area contributed by atoms with Crippen LogP contribution in [0, 0.1) is 5.82 Å². The highest BCUT2D eigenvalue weighted by molar-refractivity contribution is 5.91. The SMILES string of the molecule is O=C(CCn1ccc2ccc(F)cc21)Nc1ccc2c(c1)OCCCO2. The number of halogens is 1. The molecule has 3 aromatic rings. The van der Waals surface area contributed by atoms with Crippen molar-refractivity contribution in [1.82, 2.24) is 4.57 Å². The zero-order valence-electron chi connectivity index (χ0n) is 14.2. The highest BCUT2D eigenvalue weighted by Gasteiger charge is 2.12. The summed E-state index contributed by atoms with van der Waals surface area (Å²) in [5.74, 6) is 0.945. The molecule has 0 bridgehead atoms. The van der Waals surface area contributed by atoms with E-state index in [1.54, 1.807) is 24.3 Å². The van der Waals surface area contributed by atoms with Gasteiger partial charge in [-0.3, -0.25) is 4.79 Å². The van der Waals surface area contributed by atoms with Crippen LogP contribution in [0.1, 0.15) is 12.8 Å². The second-order valence-corrected chi connectivity index (χ2v) is 6.22. The van der Waals surface area contributed by atoms with Crippen LogP contribution >= 0.6 is 0 Å². The van der Waals surface area contributed by atoms with Crippen molar-refractivity contribution in [2.75, 3.05) is 18.5 Å². The van der Waals surface area contributed by atoms with E-state index in [0.29, 0.717) is 36.9 Å². The number of carbonyl (C=O) groups is 1. The molecule has 1 amide bonds. The summed E-state index contributed by atoms with van der Waals surface area (Å²) in [4.78, 5) is 12.3. The number of aryl methyl sites for hydroxylation is 1. The number of hydrogen-bond donors (Lipinski definition) is 1. The summed E-state index contributed by atoms with van der Waals surface area (Å²) in [6.45, 7) is 1.70. The van der Waals surface area contributed by atoms with Crippen molar-refractivity contribution >= 4 is 22.5 Å². The summed E-state index contributed by atoms with van der Waals surface area (Å²) in [6.07, 6.45) is 2.99. The minimum Gasteiger partial charge on any atom is -0.490 e. The molecule has 0 atom stereocenters. The molecule has 26 heavy (non-hydrogen) atoms. The van der Waals surface area contributed by atoms with Crippen LogP contribution in [0.5, 0.6) is 11.5 Å². The number of anilines is 1. The molecule has 2 heterocycles. The molecule has 1 N–H and O–H groups in total. The van der Waals surface area contributed by atoms with Gasteiger partial charge in [0.25, 0.3) is 0 Å². The van der Waals surface area contributed by atoms with Gasteiger partial charge in [0.15, 0.2) is 11.5 Å². The second kappa shape index (κ2) is 7.07. The summed E-state index contributed by atoms with van der Waals surface area (Å²) in [6, 6.07) is 11.9. The summed E-state index contributed by atoms with van der Waals surface area (Å²) >= 11 is 0. The number of nitrogens with zero attached hydrogens (tertiary/aromatic N) is 1. The van der Waals surface area contributed by atoms with Gasteiger partial charge in [-0.1, -0.05) is 0 Å². The fourth-order valence-electron chi connectivity index (χ4n) is 3.04. The summed E-state index contributed by atoms with van der Waals surface area (Å²) in [5.41, 5.74) is 1.45. The average Bonchev–Trinajstić information content (AvgIpc) is 2.87. The number of fused-ring (bicyclic) bond motifs is 2. The van der Waals surface area contributed by atoms with E-state index in [1.165, 1.54) is 12.1 Å². The number of aromatic nitrogens is 1. The lowest BCUT2D eigenvalue weighted by Gasteiger charge is -2.11. The lowest BCUT2D eigenvalue weighted by Crippen LogP contribution is -2.14. The third-order valence-corrected chi connectivity index (χ3v) is 4.35. The molecule has 0 unspecified atom stereocenters. The van der Waals surface area contributed by atoms with Gasteiger partial charge in [0.05, 0.1) is 18.7 Å². The zero-order chi connectivity index (χ0) is 17.9. The van der Waals surface area contributed by atoms with Crippen LogP contribution in [-0.2, 0) is 11.3 Å². The number of ether oxygens (including phenoxy) is 2. The van der Waals surface area contributed by atoms with Crippen LogP contribution in [-0.4, -0.2) is 23.7 Å². The van der Waals surface area contributed by atoms with Crippen LogP contribution in [0.2, 0.25) is 0 Å². The van der Waals surface area contributed by atoms with E-state index < -0.39 is 0 Å². The van der Waals surface area contributed by atoms with Gasteiger partial charge in [-0.05, 0) is 41.8 Å². The first-order valence-electron chi connectivity index (χ1n) is 8.63. The van der Waals surface area contributed by atoms with Gasteiger partial charge in [0, 0.05) is 37.3 Å². The number of amides is 1. The third kappa shape index (κ3) is 3.49. The van der Waals surface area contributed by atoms with Gasteiger partial charge in [0.2, 0.25) is 5.91 Å². The van der Waals surface area contributed by atoms with E-state index in [2.05, 4.69) is 5.32 Å². The molecule has 1 aliphatic heterocycles. The van der Waals surface area contributed by atoms with Crippen molar-refractivity contribution in [3.8, 4) is 11.5 Å². The topological polar surface area (TPSA) is 52.5 Å². The Morgan fingerprint density at radius 3 is 2.81 bits per heavy atom. The van der Waals surface area contributed by atoms with Crippen molar-refractivity contribution in [3.05, 3.63) is 54.5 Å². The van der Waals surface area contributed by atoms with Gasteiger partial charge < -0.3 is 19.4 Å². The predicted octanol–water partition coefficient (Wildman–Crippen LogP) is 3.97. The van der Waals surface area contributed by atoms with E-state index in [1.807, 2.05) is 16.8 Å². The maximum Gasteiger partial charge on any atom is 0.226 e. The summed E-state index contributed by atoms with van der Waals surface area (Å²) in [7, 11) is 0. The van der Waals surface area contributed by atoms with Gasteiger partial charge in [0.1, 0.15) is 5.82 Å². The van der Waals surface area contributed by atoms with Crippen LogP contribution in [0.15, 0.2) is 48.7 Å². The van der Waals surface area contributed by atoms with E-state index >= 15 is 0 Å². The summed E-state index contributed by atoms with van der Waals surface area (Å²) < 4.78 is 26.5. The number of hydrogen-bond acceptors (Lipinski definition) is 3. The molecule has 2 aromatic carbocycles. The van der Waals surface area contributed by atoms with Crippen molar-refractivity contribution < 1.29 is 18.7 Å². The maximum absolute atomic E-state index is 13.4. The molecule has 6 heteroatoms. The Hall–Kier alpha value is -3.02. The van der Waals surface area contributed by atoms with Crippen LogP contribution in [0.4, 0.5) is 10.1 Å². The number of rotatable bonds is 4. The molecule has 1 aliphatic rings. The van der Waals surface area contributed by atoms with Gasteiger partial charge >= 0.3 is 0 Å². The quantitative estimate of drug-likeness (QED) is 0.771. The largest absolute Gasteiger partial charge is 0.490 e. The Balaban J connectivity index is 1.41. The predicted molar refractivity (Wildman–Crippen MR) is 97.2 cm³/mol. The molecule has 0 saturated heterocycles. The molecular weight excluding hydrogens is 335 g/mol. The molecule has 0 fully saturated rings. The standard InChI is InChI=1S/C20H19FN2O3/c21-15-3-2-14-6-8-23(17(14)12-15)9-7-20(24)22-16-4-5-18-19(13-16)26-11-1-10-25-18/h2-6,8,12-13H,1,7,9-11H2,(H,22,24). The van der Waals surface area contributed by atoms with E-state index in [-0.39, 0.29) is 18.1 Å². The first-order chi connectivity index (χ1) is 12.7. The Kier molecular flexibility index (Phi) is 4.48. The van der Waals surface area contributed by atoms with E-state index in [0.717, 1.165) is 17.3 Å². The molecule has 1 aromatic heterocycles. The lowest BCUT2D eigenvalue weighted by molar-refractivity contribution is -0.116. The average molecular weight is 354 g/mol. The van der Waals surface area contributed by atoms with Crippen LogP contribution < -0.4 is 14.8 Å². The second-order valence-electron chi connectivity index (χ2n) is 6.22. The molecule has 0 aliphatic carbocycles. The Bertz CT molecular complexity index is 951. The fraction of sp³-hybridized carbons (Fsp3) is 0.250. The van der Waals surface area contributed by atoms with Gasteiger partial charge in [-0.15, -0.1) is 0 Å². The van der Waals surface area contributed by atoms with Gasteiger partial charge in [-0.2, -0.15) is 0 Å². The highest BCUT2D eigenvalue weighted by Crippen LogP contribution is 2.32. The zero-order valence-corrected chi connectivity index (χ0v) is 14.2. The maximum atomic E-state index is 13.4. The number of nitrogens with one attached hydrogen (secondary N) is 1. The molecule has 4 rings (SSSR count). The van der Waals surface area contributed by atoms with Gasteiger partial charge in [-0.25, -0.2) is 4.39 Å². The monoisotopic (exact) mass is 354 g/mol. The Morgan fingerprint density at radius 2 is 1.92 bits per heavy atom. The highest BCUT2D eigenvalue weighted by atomic mass is 19.1. The van der Waals surface area contributed by atoms with Crippen LogP contribution in [0.3, 0.4) is 0 Å². The third-order valence-electron chi connectivity index (χ3n) is 4.35. The van der Waals surface area contributed by atoms with Crippen molar-refractivity contribution in [2.24, 2.45) is 0 Å². The number of carbonyl (C=O) groups excluding carboxylic acids is 1. The minimum absolute atomic E-state index is 0.113. The normalized spacial score (nSPS) is 13.4. The molecular formula is C20H19FN2O3. The molecule has 0 saturated carbocycles. The van der Waals surface area contributed by atoms with Crippen molar-refractivity contribution in [1.29, 1.82) is 0 Å². The van der Waals surface area contributed by atoms with Crippen LogP contribution in [0.25, 0.3) is 10.9 Å². The van der Waals surface area contributed by atoms with E-state index in [9.17, 15) is 9.18 Å². The lowest BCUT2D eigenvalue weighted by atomic mass is 10.2. The molecule has 134 valence electrons. The van der Waals surface area contributed by atoms with E-state index in [4.69, 9.17) is 9.47 Å². The Morgan fingerprint density at radius 1 is 1.08 bits per heavy atom. The first-order valence-corrected chi connectivity index (χ1v) is 8.63. The fourth-order valence-corrected chi connectivity index (χ4v) is 3.04. The summed E-state index contributed by atoms with van der Waals surface area (Å²) in [5, 5.41) is 3.83. The smallest absolute Gasteiger partial charge is 0.226 e. The Labute approximate surface area is 150 Å². The minimum atomic E-state index is -0.283. The molecule has 0 radical (unpaired) electrons. The number of benzene rings is 2. The molecule has 0 spiro atoms. The van der Waals surface area contributed by atoms with Crippen molar-refractivity contribution in [3.63, 3.8) is 0 Å². The van der Waals surface area contributed by atoms with Crippen molar-refractivity contribution in [2.45, 2.75) is 19.4 Å².